The van der Waals surface area contributed by atoms with Crippen molar-refractivity contribution in [3.05, 3.63) is 53.1 Å². The van der Waals surface area contributed by atoms with Crippen LogP contribution in [0.3, 0.4) is 0 Å². The van der Waals surface area contributed by atoms with Gasteiger partial charge in [-0.2, -0.15) is 5.26 Å². The number of nitrogens with zero attached hydrogens (tertiary/aromatic N) is 6. The van der Waals surface area contributed by atoms with Gasteiger partial charge in [-0.1, -0.05) is 11.6 Å². The number of anilines is 1. The van der Waals surface area contributed by atoms with Crippen LogP contribution in [-0.4, -0.2) is 60.5 Å². The molecule has 5 rings (SSSR count). The molecule has 3 aromatic rings. The molecule has 4 heterocycles. The van der Waals surface area contributed by atoms with Crippen LogP contribution in [0.25, 0.3) is 11.0 Å². The second-order valence-corrected chi connectivity index (χ2v) is 10.9. The van der Waals surface area contributed by atoms with Gasteiger partial charge in [-0.05, 0) is 62.9 Å². The van der Waals surface area contributed by atoms with Crippen molar-refractivity contribution in [2.45, 2.75) is 69.9 Å². The van der Waals surface area contributed by atoms with Gasteiger partial charge in [-0.25, -0.2) is 4.98 Å². The van der Waals surface area contributed by atoms with Crippen molar-refractivity contribution in [3.8, 4) is 6.07 Å². The van der Waals surface area contributed by atoms with Gasteiger partial charge >= 0.3 is 0 Å². The van der Waals surface area contributed by atoms with Crippen LogP contribution in [0, 0.1) is 11.3 Å². The van der Waals surface area contributed by atoms with E-state index in [0.29, 0.717) is 56.9 Å². The summed E-state index contributed by atoms with van der Waals surface area (Å²) in [5, 5.41) is 31.6. The monoisotopic (exact) mass is 522 g/mol. The molecule has 10 heteroatoms. The summed E-state index contributed by atoms with van der Waals surface area (Å²) in [6, 6.07) is 9.76. The maximum Gasteiger partial charge on any atom is 0.253 e. The molecule has 2 aliphatic rings. The highest BCUT2D eigenvalue weighted by molar-refractivity contribution is 6.31. The van der Waals surface area contributed by atoms with E-state index in [9.17, 15) is 15.0 Å². The van der Waals surface area contributed by atoms with E-state index in [4.69, 9.17) is 21.8 Å². The molecular formula is C27H31ClN6O3. The van der Waals surface area contributed by atoms with Crippen LogP contribution in [-0.2, 0) is 23.3 Å². The number of nitriles is 1. The SMILES string of the molecule is CC(C)(O)C(=O)N1CCC2(CC1)c1ccncc1N(Cc1nc3cc(Cl)ccc3n1CCCC#N)C2O. The van der Waals surface area contributed by atoms with Gasteiger partial charge in [-0.3, -0.25) is 9.78 Å². The predicted molar refractivity (Wildman–Crippen MR) is 140 cm³/mol. The minimum absolute atomic E-state index is 0.300. The van der Waals surface area contributed by atoms with Gasteiger partial charge in [0.2, 0.25) is 0 Å². The second kappa shape index (κ2) is 9.60. The van der Waals surface area contributed by atoms with E-state index in [1.165, 1.54) is 13.8 Å². The molecule has 0 saturated carbocycles. The Balaban J connectivity index is 1.47. The fraction of sp³-hybridized carbons (Fsp3) is 0.481. The Bertz CT molecular complexity index is 1370. The third kappa shape index (κ3) is 4.43. The summed E-state index contributed by atoms with van der Waals surface area (Å²) < 4.78 is 2.10. The van der Waals surface area contributed by atoms with Gasteiger partial charge in [-0.15, -0.1) is 0 Å². The number of likely N-dealkylation sites (tertiary alicyclic amines) is 1. The van der Waals surface area contributed by atoms with Gasteiger partial charge in [0.05, 0.1) is 35.5 Å². The Morgan fingerprint density at radius 3 is 2.76 bits per heavy atom. The largest absolute Gasteiger partial charge is 0.381 e. The van der Waals surface area contributed by atoms with Gasteiger partial charge in [0.15, 0.2) is 0 Å². The lowest BCUT2D eigenvalue weighted by Crippen LogP contribution is -2.55. The number of hydrogen-bond donors (Lipinski definition) is 2. The van der Waals surface area contributed by atoms with Crippen molar-refractivity contribution in [3.63, 3.8) is 0 Å². The number of aryl methyl sites for hydroxylation is 1. The standard InChI is InChI=1S/C27H31ClN6O3/c1-26(2,37)24(35)32-13-8-27(9-14-32)19-7-11-30-16-22(19)34(25(27)36)17-23-31-20-15-18(28)5-6-21(20)33(23)12-4-3-10-29/h5-7,11,15-16,25,36-37H,3-4,8-9,12-14,17H2,1-2H3. The Kier molecular flexibility index (Phi) is 6.61. The van der Waals surface area contributed by atoms with E-state index in [0.717, 1.165) is 28.1 Å². The lowest BCUT2D eigenvalue weighted by molar-refractivity contribution is -0.150. The molecule has 1 spiro atoms. The number of aliphatic hydroxyl groups excluding tert-OH is 1. The van der Waals surface area contributed by atoms with E-state index in [-0.39, 0.29) is 5.91 Å². The molecule has 37 heavy (non-hydrogen) atoms. The van der Waals surface area contributed by atoms with Crippen molar-refractivity contribution in [2.24, 2.45) is 0 Å². The first-order chi connectivity index (χ1) is 17.7. The molecule has 1 aromatic carbocycles. The summed E-state index contributed by atoms with van der Waals surface area (Å²) in [7, 11) is 0. The van der Waals surface area contributed by atoms with E-state index in [1.54, 1.807) is 17.3 Å². The Hall–Kier alpha value is -3.19. The summed E-state index contributed by atoms with van der Waals surface area (Å²) in [6.07, 6.45) is 4.95. The number of pyridine rings is 1. The molecule has 9 nitrogen and oxygen atoms in total. The highest BCUT2D eigenvalue weighted by Crippen LogP contribution is 2.50. The highest BCUT2D eigenvalue weighted by atomic mass is 35.5. The number of rotatable bonds is 6. The van der Waals surface area contributed by atoms with Crippen molar-refractivity contribution in [1.82, 2.24) is 19.4 Å². The summed E-state index contributed by atoms with van der Waals surface area (Å²) in [6.45, 7) is 4.88. The van der Waals surface area contributed by atoms with Crippen LogP contribution in [0.4, 0.5) is 5.69 Å². The number of unbranched alkanes of at least 4 members (excludes halogenated alkanes) is 1. The second-order valence-electron chi connectivity index (χ2n) is 10.5. The number of imidazole rings is 1. The Morgan fingerprint density at radius 2 is 2.05 bits per heavy atom. The molecule has 2 aromatic heterocycles. The molecule has 1 fully saturated rings. The molecule has 1 amide bonds. The molecule has 1 saturated heterocycles. The first-order valence-electron chi connectivity index (χ1n) is 12.6. The Morgan fingerprint density at radius 1 is 1.30 bits per heavy atom. The van der Waals surface area contributed by atoms with Crippen molar-refractivity contribution < 1.29 is 15.0 Å². The van der Waals surface area contributed by atoms with E-state index in [2.05, 4.69) is 15.6 Å². The number of carbonyl (C=O) groups excluding carboxylic acids is 1. The number of aliphatic hydroxyl groups is 2. The average Bonchev–Trinajstić information content (AvgIpc) is 3.32. The smallest absolute Gasteiger partial charge is 0.253 e. The molecule has 0 aliphatic carbocycles. The van der Waals surface area contributed by atoms with Crippen molar-refractivity contribution in [1.29, 1.82) is 5.26 Å². The van der Waals surface area contributed by atoms with Crippen LogP contribution in [0.1, 0.15) is 50.9 Å². The summed E-state index contributed by atoms with van der Waals surface area (Å²) in [5.41, 5.74) is 1.58. The molecule has 194 valence electrons. The molecule has 0 bridgehead atoms. The number of amides is 1. The number of hydrogen-bond acceptors (Lipinski definition) is 7. The lowest BCUT2D eigenvalue weighted by Gasteiger charge is -2.43. The summed E-state index contributed by atoms with van der Waals surface area (Å²) >= 11 is 6.23. The molecule has 1 atom stereocenters. The van der Waals surface area contributed by atoms with Crippen LogP contribution in [0.5, 0.6) is 0 Å². The number of piperidine rings is 1. The number of benzene rings is 1. The normalized spacial score (nSPS) is 18.9. The van der Waals surface area contributed by atoms with E-state index in [1.807, 2.05) is 29.2 Å². The van der Waals surface area contributed by atoms with Crippen LogP contribution in [0.2, 0.25) is 5.02 Å². The van der Waals surface area contributed by atoms with Gasteiger partial charge < -0.3 is 24.6 Å². The Labute approximate surface area is 220 Å². The third-order valence-electron chi connectivity index (χ3n) is 7.67. The maximum atomic E-state index is 12.7. The minimum atomic E-state index is -1.43. The number of carbonyl (C=O) groups is 1. The molecule has 2 aliphatic heterocycles. The zero-order chi connectivity index (χ0) is 26.4. The number of aromatic nitrogens is 3. The summed E-state index contributed by atoms with van der Waals surface area (Å²) in [5.74, 6) is 0.474. The predicted octanol–water partition coefficient (Wildman–Crippen LogP) is 3.36. The lowest BCUT2D eigenvalue weighted by atomic mass is 9.73. The number of fused-ring (bicyclic) bond motifs is 3. The van der Waals surface area contributed by atoms with E-state index >= 15 is 0 Å². The van der Waals surface area contributed by atoms with Crippen LogP contribution in [0.15, 0.2) is 36.7 Å². The van der Waals surface area contributed by atoms with Gasteiger partial charge in [0.25, 0.3) is 5.91 Å². The molecule has 1 unspecified atom stereocenters. The number of halogens is 1. The average molecular weight is 523 g/mol. The molecule has 0 radical (unpaired) electrons. The first-order valence-corrected chi connectivity index (χ1v) is 13.0. The zero-order valence-electron chi connectivity index (χ0n) is 21.1. The fourth-order valence-electron chi connectivity index (χ4n) is 5.79. The molecular weight excluding hydrogens is 492 g/mol. The third-order valence-corrected chi connectivity index (χ3v) is 7.91. The summed E-state index contributed by atoms with van der Waals surface area (Å²) in [4.78, 5) is 25.5. The van der Waals surface area contributed by atoms with Crippen LogP contribution < -0.4 is 4.90 Å². The quantitative estimate of drug-likeness (QED) is 0.476. The molecule has 2 N–H and O–H groups in total. The van der Waals surface area contributed by atoms with Gasteiger partial charge in [0, 0.05) is 42.7 Å². The fourth-order valence-corrected chi connectivity index (χ4v) is 5.96. The van der Waals surface area contributed by atoms with Crippen molar-refractivity contribution in [2.75, 3.05) is 18.0 Å². The highest BCUT2D eigenvalue weighted by Gasteiger charge is 2.52. The van der Waals surface area contributed by atoms with Gasteiger partial charge in [0.1, 0.15) is 17.7 Å². The zero-order valence-corrected chi connectivity index (χ0v) is 21.8. The minimum Gasteiger partial charge on any atom is -0.381 e. The van der Waals surface area contributed by atoms with Crippen LogP contribution >= 0.6 is 11.6 Å². The van der Waals surface area contributed by atoms with E-state index < -0.39 is 17.2 Å². The topological polar surface area (TPSA) is 119 Å². The van der Waals surface area contributed by atoms with Crippen molar-refractivity contribution >= 4 is 34.2 Å². The first kappa shape index (κ1) is 25.5. The maximum absolute atomic E-state index is 12.7.